The molecule has 2 aromatic carbocycles. The molecular formula is C22H22ClN3O3. The van der Waals surface area contributed by atoms with Crippen molar-refractivity contribution in [3.8, 4) is 17.1 Å². The van der Waals surface area contributed by atoms with Gasteiger partial charge in [0.25, 0.3) is 5.91 Å². The number of aryl methyl sites for hydroxylation is 1. The van der Waals surface area contributed by atoms with Crippen LogP contribution in [0.5, 0.6) is 5.75 Å². The molecule has 0 aliphatic carbocycles. The van der Waals surface area contributed by atoms with E-state index < -0.39 is 0 Å². The average Bonchev–Trinajstić information content (AvgIpc) is 3.24. The Labute approximate surface area is 174 Å². The third-order valence-corrected chi connectivity index (χ3v) is 5.38. The Kier molecular flexibility index (Phi) is 5.81. The van der Waals surface area contributed by atoms with Crippen molar-refractivity contribution in [2.75, 3.05) is 19.7 Å². The van der Waals surface area contributed by atoms with E-state index in [1.165, 1.54) is 5.56 Å². The second-order valence-corrected chi connectivity index (χ2v) is 7.66. The highest BCUT2D eigenvalue weighted by molar-refractivity contribution is 6.30. The predicted octanol–water partition coefficient (Wildman–Crippen LogP) is 4.48. The maximum atomic E-state index is 12.4. The Balaban J connectivity index is 1.29. The SMILES string of the molecule is Cc1ccc(-c2noc(C3CCN(C(=O)COc4ccc(Cl)cc4)CC3)n2)cc1. The highest BCUT2D eigenvalue weighted by Crippen LogP contribution is 2.28. The minimum absolute atomic E-state index is 0.0183. The van der Waals surface area contributed by atoms with Gasteiger partial charge in [0.15, 0.2) is 6.61 Å². The van der Waals surface area contributed by atoms with Crippen LogP contribution in [0, 0.1) is 6.92 Å². The number of halogens is 1. The molecule has 0 spiro atoms. The molecule has 0 saturated carbocycles. The lowest BCUT2D eigenvalue weighted by molar-refractivity contribution is -0.134. The molecule has 1 saturated heterocycles. The van der Waals surface area contributed by atoms with Crippen molar-refractivity contribution in [2.45, 2.75) is 25.7 Å². The number of carbonyl (C=O) groups is 1. The molecule has 1 aliphatic heterocycles. The molecule has 4 rings (SSSR count). The zero-order valence-electron chi connectivity index (χ0n) is 16.2. The van der Waals surface area contributed by atoms with Gasteiger partial charge in [-0.25, -0.2) is 0 Å². The summed E-state index contributed by atoms with van der Waals surface area (Å²) in [5, 5.41) is 4.75. The van der Waals surface area contributed by atoms with Crippen LogP contribution in [0.2, 0.25) is 5.02 Å². The number of ether oxygens (including phenoxy) is 1. The van der Waals surface area contributed by atoms with Gasteiger partial charge < -0.3 is 14.2 Å². The van der Waals surface area contributed by atoms with E-state index in [1.807, 2.05) is 36.1 Å². The van der Waals surface area contributed by atoms with Gasteiger partial charge in [-0.1, -0.05) is 46.6 Å². The predicted molar refractivity (Wildman–Crippen MR) is 110 cm³/mol. The first-order valence-electron chi connectivity index (χ1n) is 9.65. The topological polar surface area (TPSA) is 68.5 Å². The Hall–Kier alpha value is -2.86. The standard InChI is InChI=1S/C22H22ClN3O3/c1-15-2-4-16(5-3-15)21-24-22(29-25-21)17-10-12-26(13-11-17)20(27)14-28-19-8-6-18(23)7-9-19/h2-9,17H,10-14H2,1H3. The number of amides is 1. The van der Waals surface area contributed by atoms with Gasteiger partial charge in [0.05, 0.1) is 0 Å². The van der Waals surface area contributed by atoms with Crippen LogP contribution in [-0.2, 0) is 4.79 Å². The minimum Gasteiger partial charge on any atom is -0.484 e. The molecule has 1 aliphatic rings. The Bertz CT molecular complexity index is 962. The lowest BCUT2D eigenvalue weighted by atomic mass is 9.96. The minimum atomic E-state index is -0.0238. The molecule has 0 N–H and O–H groups in total. The number of rotatable bonds is 5. The second kappa shape index (κ2) is 8.66. The molecule has 0 atom stereocenters. The van der Waals surface area contributed by atoms with E-state index in [0.717, 1.165) is 18.4 Å². The third-order valence-electron chi connectivity index (χ3n) is 5.12. The summed E-state index contributed by atoms with van der Waals surface area (Å²) in [5.74, 6) is 2.03. The first-order valence-corrected chi connectivity index (χ1v) is 10.0. The van der Waals surface area contributed by atoms with E-state index in [4.69, 9.17) is 20.9 Å². The first-order chi connectivity index (χ1) is 14.1. The van der Waals surface area contributed by atoms with E-state index in [0.29, 0.717) is 35.6 Å². The summed E-state index contributed by atoms with van der Waals surface area (Å²) in [6.07, 6.45) is 1.59. The van der Waals surface area contributed by atoms with Crippen LogP contribution >= 0.6 is 11.6 Å². The Morgan fingerprint density at radius 3 is 2.52 bits per heavy atom. The molecule has 3 aromatic rings. The average molecular weight is 412 g/mol. The van der Waals surface area contributed by atoms with Gasteiger partial charge in [-0.2, -0.15) is 4.98 Å². The monoisotopic (exact) mass is 411 g/mol. The maximum absolute atomic E-state index is 12.4. The van der Waals surface area contributed by atoms with Gasteiger partial charge in [-0.05, 0) is 44.0 Å². The zero-order valence-corrected chi connectivity index (χ0v) is 16.9. The molecular weight excluding hydrogens is 390 g/mol. The first kappa shape index (κ1) is 19.5. The van der Waals surface area contributed by atoms with Crippen molar-refractivity contribution in [2.24, 2.45) is 0 Å². The quantitative estimate of drug-likeness (QED) is 0.619. The Morgan fingerprint density at radius 2 is 1.83 bits per heavy atom. The molecule has 150 valence electrons. The second-order valence-electron chi connectivity index (χ2n) is 7.22. The third kappa shape index (κ3) is 4.77. The number of nitrogens with zero attached hydrogens (tertiary/aromatic N) is 3. The molecule has 6 nitrogen and oxygen atoms in total. The number of likely N-dealkylation sites (tertiary alicyclic amines) is 1. The van der Waals surface area contributed by atoms with Crippen molar-refractivity contribution in [1.82, 2.24) is 15.0 Å². The van der Waals surface area contributed by atoms with Gasteiger partial charge in [-0.15, -0.1) is 0 Å². The van der Waals surface area contributed by atoms with Crippen LogP contribution in [-0.4, -0.2) is 40.6 Å². The maximum Gasteiger partial charge on any atom is 0.260 e. The van der Waals surface area contributed by atoms with E-state index in [9.17, 15) is 4.79 Å². The van der Waals surface area contributed by atoms with Crippen molar-refractivity contribution in [3.05, 3.63) is 65.0 Å². The van der Waals surface area contributed by atoms with Crippen LogP contribution in [0.4, 0.5) is 0 Å². The zero-order chi connectivity index (χ0) is 20.2. The summed E-state index contributed by atoms with van der Waals surface area (Å²) < 4.78 is 11.1. The largest absolute Gasteiger partial charge is 0.484 e. The smallest absolute Gasteiger partial charge is 0.260 e. The van der Waals surface area contributed by atoms with Crippen LogP contribution < -0.4 is 4.74 Å². The van der Waals surface area contributed by atoms with Gasteiger partial charge in [-0.3, -0.25) is 4.79 Å². The fourth-order valence-corrected chi connectivity index (χ4v) is 3.49. The highest BCUT2D eigenvalue weighted by atomic mass is 35.5. The molecule has 0 bridgehead atoms. The molecule has 0 radical (unpaired) electrons. The van der Waals surface area contributed by atoms with Crippen LogP contribution in [0.25, 0.3) is 11.4 Å². The molecule has 2 heterocycles. The summed E-state index contributed by atoms with van der Waals surface area (Å²) >= 11 is 5.85. The van der Waals surface area contributed by atoms with Crippen LogP contribution in [0.3, 0.4) is 0 Å². The molecule has 1 amide bonds. The lowest BCUT2D eigenvalue weighted by Crippen LogP contribution is -2.40. The van der Waals surface area contributed by atoms with Crippen molar-refractivity contribution in [1.29, 1.82) is 0 Å². The van der Waals surface area contributed by atoms with E-state index in [2.05, 4.69) is 10.1 Å². The van der Waals surface area contributed by atoms with E-state index >= 15 is 0 Å². The Morgan fingerprint density at radius 1 is 1.14 bits per heavy atom. The summed E-state index contributed by atoms with van der Waals surface area (Å²) in [4.78, 5) is 18.8. The van der Waals surface area contributed by atoms with Gasteiger partial charge in [0, 0.05) is 29.6 Å². The molecule has 0 unspecified atom stereocenters. The number of hydrogen-bond acceptors (Lipinski definition) is 5. The lowest BCUT2D eigenvalue weighted by Gasteiger charge is -2.30. The van der Waals surface area contributed by atoms with Crippen LogP contribution in [0.15, 0.2) is 53.1 Å². The van der Waals surface area contributed by atoms with Gasteiger partial charge in [0.1, 0.15) is 5.75 Å². The highest BCUT2D eigenvalue weighted by Gasteiger charge is 2.27. The number of carbonyl (C=O) groups excluding carboxylic acids is 1. The molecule has 1 fully saturated rings. The number of hydrogen-bond donors (Lipinski definition) is 0. The summed E-state index contributed by atoms with van der Waals surface area (Å²) in [6, 6.07) is 15.0. The number of piperidine rings is 1. The van der Waals surface area contributed by atoms with Crippen molar-refractivity contribution >= 4 is 17.5 Å². The fourth-order valence-electron chi connectivity index (χ4n) is 3.36. The summed E-state index contributed by atoms with van der Waals surface area (Å²) in [6.45, 7) is 3.36. The van der Waals surface area contributed by atoms with Gasteiger partial charge >= 0.3 is 0 Å². The summed E-state index contributed by atoms with van der Waals surface area (Å²) in [5.41, 5.74) is 2.13. The number of benzene rings is 2. The van der Waals surface area contributed by atoms with Crippen molar-refractivity contribution in [3.63, 3.8) is 0 Å². The van der Waals surface area contributed by atoms with E-state index in [-0.39, 0.29) is 18.4 Å². The van der Waals surface area contributed by atoms with Gasteiger partial charge in [0.2, 0.25) is 11.7 Å². The molecule has 1 aromatic heterocycles. The fraction of sp³-hybridized carbons (Fsp3) is 0.318. The van der Waals surface area contributed by atoms with Crippen molar-refractivity contribution < 1.29 is 14.1 Å². The molecule has 7 heteroatoms. The van der Waals surface area contributed by atoms with Crippen LogP contribution in [0.1, 0.15) is 30.2 Å². The molecule has 29 heavy (non-hydrogen) atoms. The summed E-state index contributed by atoms with van der Waals surface area (Å²) in [7, 11) is 0. The normalized spacial score (nSPS) is 14.8. The van der Waals surface area contributed by atoms with E-state index in [1.54, 1.807) is 24.3 Å². The number of aromatic nitrogens is 2.